The highest BCUT2D eigenvalue weighted by Gasteiger charge is 2.30. The van der Waals surface area contributed by atoms with Gasteiger partial charge in [0.25, 0.3) is 0 Å². The Morgan fingerprint density at radius 1 is 1.33 bits per heavy atom. The van der Waals surface area contributed by atoms with Crippen molar-refractivity contribution in [3.8, 4) is 11.6 Å². The molecule has 122 valence electrons. The summed E-state index contributed by atoms with van der Waals surface area (Å²) >= 11 is 6.09. The number of benzene rings is 1. The summed E-state index contributed by atoms with van der Waals surface area (Å²) in [6.45, 7) is 0. The summed E-state index contributed by atoms with van der Waals surface area (Å²) in [6, 6.07) is 8.40. The lowest BCUT2D eigenvalue weighted by Crippen LogP contribution is -2.13. The number of carbonyl (C=O) groups is 1. The van der Waals surface area contributed by atoms with Crippen LogP contribution in [0.5, 0.6) is 11.6 Å². The number of hydrogen-bond acceptors (Lipinski definition) is 5. The number of nitrogens with two attached hydrogens (primary N) is 1. The molecule has 0 radical (unpaired) electrons. The van der Waals surface area contributed by atoms with Gasteiger partial charge in [-0.15, -0.1) is 5.10 Å². The topological polar surface area (TPSA) is 94.5 Å². The van der Waals surface area contributed by atoms with Crippen molar-refractivity contribution in [2.24, 2.45) is 5.92 Å². The van der Waals surface area contributed by atoms with Crippen LogP contribution in [0.4, 0.5) is 11.5 Å². The second-order valence-corrected chi connectivity index (χ2v) is 6.06. The minimum Gasteiger partial charge on any atom is -0.436 e. The number of anilines is 2. The molecule has 0 saturated heterocycles. The second-order valence-electron chi connectivity index (χ2n) is 5.66. The third-order valence-corrected chi connectivity index (χ3v) is 3.98. The van der Waals surface area contributed by atoms with E-state index in [9.17, 15) is 4.79 Å². The van der Waals surface area contributed by atoms with Crippen LogP contribution in [0.25, 0.3) is 5.65 Å². The molecule has 3 aromatic rings. The van der Waals surface area contributed by atoms with Gasteiger partial charge in [0.2, 0.25) is 11.8 Å². The van der Waals surface area contributed by atoms with Gasteiger partial charge < -0.3 is 15.8 Å². The number of nitrogen functional groups attached to an aromatic ring is 1. The van der Waals surface area contributed by atoms with Gasteiger partial charge in [-0.2, -0.15) is 0 Å². The minimum atomic E-state index is 0.00132. The Morgan fingerprint density at radius 2 is 2.17 bits per heavy atom. The Bertz CT molecular complexity index is 935. The fourth-order valence-electron chi connectivity index (χ4n) is 2.26. The number of carbonyl (C=O) groups excluding carboxylic acids is 1. The highest BCUT2D eigenvalue weighted by Crippen LogP contribution is 2.31. The predicted molar refractivity (Wildman–Crippen MR) is 90.3 cm³/mol. The van der Waals surface area contributed by atoms with Crippen molar-refractivity contribution in [3.05, 3.63) is 41.6 Å². The van der Waals surface area contributed by atoms with Crippen LogP contribution in [0.1, 0.15) is 12.8 Å². The van der Waals surface area contributed by atoms with Crippen molar-refractivity contribution in [2.45, 2.75) is 12.8 Å². The summed E-state index contributed by atoms with van der Waals surface area (Å²) in [5.41, 5.74) is 6.88. The maximum Gasteiger partial charge on any atom is 0.237 e. The fourth-order valence-corrected chi connectivity index (χ4v) is 2.42. The quantitative estimate of drug-likeness (QED) is 0.710. The summed E-state index contributed by atoms with van der Waals surface area (Å²) in [7, 11) is 0. The van der Waals surface area contributed by atoms with Gasteiger partial charge in [-0.05, 0) is 31.0 Å². The number of nitrogens with zero attached hydrogens (tertiary/aromatic N) is 3. The van der Waals surface area contributed by atoms with E-state index in [0.29, 0.717) is 33.8 Å². The number of amides is 1. The average Bonchev–Trinajstić information content (AvgIpc) is 3.32. The Balaban J connectivity index is 1.58. The summed E-state index contributed by atoms with van der Waals surface area (Å²) in [5, 5.41) is 7.54. The summed E-state index contributed by atoms with van der Waals surface area (Å²) in [6.07, 6.45) is 3.52. The van der Waals surface area contributed by atoms with E-state index in [4.69, 9.17) is 22.1 Å². The van der Waals surface area contributed by atoms with Gasteiger partial charge in [0.05, 0.1) is 11.2 Å². The number of halogens is 1. The number of rotatable bonds is 4. The van der Waals surface area contributed by atoms with Gasteiger partial charge >= 0.3 is 0 Å². The Labute approximate surface area is 142 Å². The molecule has 3 N–H and O–H groups in total. The maximum absolute atomic E-state index is 11.8. The van der Waals surface area contributed by atoms with Crippen LogP contribution in [-0.2, 0) is 4.79 Å². The van der Waals surface area contributed by atoms with Crippen LogP contribution in [-0.4, -0.2) is 20.5 Å². The summed E-state index contributed by atoms with van der Waals surface area (Å²) in [4.78, 5) is 16.1. The first-order chi connectivity index (χ1) is 11.6. The molecule has 0 spiro atoms. The van der Waals surface area contributed by atoms with Crippen molar-refractivity contribution >= 4 is 34.7 Å². The van der Waals surface area contributed by atoms with E-state index >= 15 is 0 Å². The van der Waals surface area contributed by atoms with E-state index in [-0.39, 0.29) is 11.8 Å². The van der Waals surface area contributed by atoms with E-state index in [1.807, 2.05) is 0 Å². The lowest BCUT2D eigenvalue weighted by molar-refractivity contribution is -0.117. The van der Waals surface area contributed by atoms with Crippen molar-refractivity contribution in [2.75, 3.05) is 11.1 Å². The second kappa shape index (κ2) is 5.68. The zero-order valence-corrected chi connectivity index (χ0v) is 13.3. The first kappa shape index (κ1) is 14.8. The average molecular weight is 344 g/mol. The molecule has 1 amide bonds. The molecule has 2 aromatic heterocycles. The van der Waals surface area contributed by atoms with Crippen LogP contribution >= 0.6 is 11.6 Å². The van der Waals surface area contributed by atoms with E-state index in [2.05, 4.69) is 15.4 Å². The SMILES string of the molecule is Nc1ccc(Cl)c(Oc2ccc3nc(NC(=O)C4CC4)cn3n2)c1. The Morgan fingerprint density at radius 3 is 2.96 bits per heavy atom. The van der Waals surface area contributed by atoms with E-state index in [1.165, 1.54) is 4.52 Å². The summed E-state index contributed by atoms with van der Waals surface area (Å²) in [5.74, 6) is 1.35. The first-order valence-electron chi connectivity index (χ1n) is 7.49. The number of imidazole rings is 1. The zero-order valence-electron chi connectivity index (χ0n) is 12.6. The molecule has 0 atom stereocenters. The van der Waals surface area contributed by atoms with Crippen LogP contribution in [0, 0.1) is 5.92 Å². The minimum absolute atomic E-state index is 0.00132. The molecule has 1 aliphatic carbocycles. The highest BCUT2D eigenvalue weighted by atomic mass is 35.5. The molecule has 0 unspecified atom stereocenters. The number of ether oxygens (including phenoxy) is 1. The van der Waals surface area contributed by atoms with Crippen LogP contribution in [0.15, 0.2) is 36.5 Å². The molecule has 24 heavy (non-hydrogen) atoms. The summed E-state index contributed by atoms with van der Waals surface area (Å²) < 4.78 is 7.22. The van der Waals surface area contributed by atoms with Crippen LogP contribution in [0.3, 0.4) is 0 Å². The zero-order chi connectivity index (χ0) is 16.7. The Kier molecular flexibility index (Phi) is 3.50. The standard InChI is InChI=1S/C16H14ClN5O2/c17-11-4-3-10(18)7-12(11)24-15-6-5-14-19-13(8-22(14)21-15)20-16(23)9-1-2-9/h3-9H,1-2,18H2,(H,20,23). The number of nitrogens with one attached hydrogen (secondary N) is 1. The van der Waals surface area contributed by atoms with Crippen molar-refractivity contribution in [1.29, 1.82) is 0 Å². The molecule has 8 heteroatoms. The largest absolute Gasteiger partial charge is 0.436 e. The lowest BCUT2D eigenvalue weighted by atomic mass is 10.3. The Hall–Kier alpha value is -2.80. The van der Waals surface area contributed by atoms with Gasteiger partial charge in [-0.3, -0.25) is 4.79 Å². The van der Waals surface area contributed by atoms with Crippen LogP contribution in [0.2, 0.25) is 5.02 Å². The lowest BCUT2D eigenvalue weighted by Gasteiger charge is -2.07. The molecule has 4 rings (SSSR count). The molecular weight excluding hydrogens is 330 g/mol. The maximum atomic E-state index is 11.8. The monoisotopic (exact) mass is 343 g/mol. The fraction of sp³-hybridized carbons (Fsp3) is 0.188. The van der Waals surface area contributed by atoms with E-state index < -0.39 is 0 Å². The van der Waals surface area contributed by atoms with Gasteiger partial charge in [0, 0.05) is 23.7 Å². The van der Waals surface area contributed by atoms with Crippen molar-refractivity contribution in [3.63, 3.8) is 0 Å². The van der Waals surface area contributed by atoms with E-state index in [0.717, 1.165) is 12.8 Å². The molecule has 1 aromatic carbocycles. The predicted octanol–water partition coefficient (Wildman–Crippen LogP) is 3.11. The van der Waals surface area contributed by atoms with Gasteiger partial charge in [-0.25, -0.2) is 9.50 Å². The third kappa shape index (κ3) is 2.98. The van der Waals surface area contributed by atoms with Crippen molar-refractivity contribution in [1.82, 2.24) is 14.6 Å². The smallest absolute Gasteiger partial charge is 0.237 e. The van der Waals surface area contributed by atoms with E-state index in [1.54, 1.807) is 36.5 Å². The first-order valence-corrected chi connectivity index (χ1v) is 7.86. The number of aromatic nitrogens is 3. The van der Waals surface area contributed by atoms with Crippen molar-refractivity contribution < 1.29 is 9.53 Å². The van der Waals surface area contributed by atoms with Gasteiger partial charge in [-0.1, -0.05) is 11.6 Å². The molecule has 7 nitrogen and oxygen atoms in total. The molecule has 0 aliphatic heterocycles. The third-order valence-electron chi connectivity index (χ3n) is 3.66. The van der Waals surface area contributed by atoms with Gasteiger partial charge in [0.1, 0.15) is 5.75 Å². The van der Waals surface area contributed by atoms with Crippen LogP contribution < -0.4 is 15.8 Å². The molecule has 0 bridgehead atoms. The highest BCUT2D eigenvalue weighted by molar-refractivity contribution is 6.32. The normalized spacial score (nSPS) is 13.9. The van der Waals surface area contributed by atoms with Gasteiger partial charge in [0.15, 0.2) is 11.5 Å². The molecule has 1 fully saturated rings. The molecular formula is C16H14ClN5O2. The molecule has 1 saturated carbocycles. The molecule has 1 aliphatic rings. The number of fused-ring (bicyclic) bond motifs is 1. The molecule has 2 heterocycles. The number of hydrogen-bond donors (Lipinski definition) is 2.